The average molecular weight is 303 g/mol. The second-order valence-corrected chi connectivity index (χ2v) is 5.40. The molecular formula is C16H15ClN2O2. The molecule has 1 heterocycles. The summed E-state index contributed by atoms with van der Waals surface area (Å²) in [4.78, 5) is 3.03. The molecule has 1 aromatic heterocycles. The van der Waals surface area contributed by atoms with E-state index in [9.17, 15) is 5.11 Å². The molecule has 4 nitrogen and oxygen atoms in total. The van der Waals surface area contributed by atoms with Crippen molar-refractivity contribution in [3.63, 3.8) is 0 Å². The summed E-state index contributed by atoms with van der Waals surface area (Å²) in [5, 5.41) is 8.60. The molecule has 0 aliphatic carbocycles. The third kappa shape index (κ3) is 2.88. The quantitative estimate of drug-likeness (QED) is 0.394. The van der Waals surface area contributed by atoms with E-state index in [1.54, 1.807) is 6.20 Å². The third-order valence-electron chi connectivity index (χ3n) is 3.28. The fraction of sp³-hybridized carbons (Fsp3) is 0.125. The minimum absolute atomic E-state index is 0.392. The smallest absolute Gasteiger partial charge is 0.220 e. The van der Waals surface area contributed by atoms with Gasteiger partial charge in [-0.1, -0.05) is 48.0 Å². The first-order valence-electron chi connectivity index (χ1n) is 6.53. The van der Waals surface area contributed by atoms with Crippen LogP contribution in [0, 0.1) is 0 Å². The van der Waals surface area contributed by atoms with Gasteiger partial charge in [-0.15, -0.1) is 0 Å². The average Bonchev–Trinajstić information content (AvgIpc) is 2.91. The van der Waals surface area contributed by atoms with E-state index in [1.807, 2.05) is 48.5 Å². The van der Waals surface area contributed by atoms with Gasteiger partial charge in [-0.05, 0) is 17.7 Å². The summed E-state index contributed by atoms with van der Waals surface area (Å²) in [5.74, 6) is 0.622. The molecule has 0 bridgehead atoms. The Morgan fingerprint density at radius 3 is 2.62 bits per heavy atom. The molecule has 5 heteroatoms. The summed E-state index contributed by atoms with van der Waals surface area (Å²) in [6.45, 7) is 0.426. The highest BCUT2D eigenvalue weighted by atomic mass is 35.5. The number of ether oxygens (including phenoxy) is 1. The molecule has 1 atom stereocenters. The number of hydrogen-bond acceptors (Lipinski definition) is 3. The molecular weight excluding hydrogens is 288 g/mol. The number of nitrogens with two attached hydrogens (primary N) is 1. The van der Waals surface area contributed by atoms with Crippen molar-refractivity contribution < 1.29 is 9.84 Å². The molecule has 4 N–H and O–H groups in total. The number of halogens is 1. The van der Waals surface area contributed by atoms with Crippen LogP contribution in [0.1, 0.15) is 11.1 Å². The number of benzene rings is 2. The maximum absolute atomic E-state index is 9.85. The molecule has 3 aromatic rings. The Balaban J connectivity index is 1.97. The summed E-state index contributed by atoms with van der Waals surface area (Å²) in [5.41, 5.74) is 7.84. The number of nitrogens with one attached hydrogen (secondary N) is 1. The van der Waals surface area contributed by atoms with Crippen LogP contribution in [0.3, 0.4) is 0 Å². The maximum Gasteiger partial charge on any atom is 0.220 e. The maximum atomic E-state index is 9.85. The van der Waals surface area contributed by atoms with Crippen LogP contribution >= 0.6 is 11.6 Å². The Labute approximate surface area is 127 Å². The molecule has 0 aliphatic rings. The van der Waals surface area contributed by atoms with E-state index in [-0.39, 0.29) is 0 Å². The monoisotopic (exact) mass is 302 g/mol. The van der Waals surface area contributed by atoms with E-state index >= 15 is 0 Å². The van der Waals surface area contributed by atoms with Crippen LogP contribution in [0.2, 0.25) is 0 Å². The molecule has 108 valence electrons. The number of aromatic nitrogens is 1. The lowest BCUT2D eigenvalue weighted by Gasteiger charge is -2.15. The lowest BCUT2D eigenvalue weighted by atomic mass is 10.1. The van der Waals surface area contributed by atoms with E-state index in [0.29, 0.717) is 23.3 Å². The standard InChI is InChI=1S/C16H15ClN2O2/c17-16(18,20)12-9-19-13-7-4-8-14(15(12)13)21-10-11-5-2-1-3-6-11/h1-9,19-20H,10,18H2. The number of H-pyrrole nitrogens is 1. The van der Waals surface area contributed by atoms with Crippen LogP contribution in [-0.4, -0.2) is 10.1 Å². The van der Waals surface area contributed by atoms with E-state index in [0.717, 1.165) is 11.1 Å². The van der Waals surface area contributed by atoms with Crippen molar-refractivity contribution in [1.82, 2.24) is 4.98 Å². The summed E-state index contributed by atoms with van der Waals surface area (Å²) < 4.78 is 5.85. The molecule has 0 aliphatic heterocycles. The van der Waals surface area contributed by atoms with Gasteiger partial charge >= 0.3 is 0 Å². The number of hydrogen-bond donors (Lipinski definition) is 3. The van der Waals surface area contributed by atoms with Crippen molar-refractivity contribution in [3.8, 4) is 5.75 Å². The van der Waals surface area contributed by atoms with Crippen molar-refractivity contribution in [2.75, 3.05) is 0 Å². The van der Waals surface area contributed by atoms with Crippen LogP contribution in [-0.2, 0) is 11.8 Å². The fourth-order valence-electron chi connectivity index (χ4n) is 2.28. The van der Waals surface area contributed by atoms with Gasteiger partial charge in [0, 0.05) is 17.3 Å². The molecule has 0 spiro atoms. The molecule has 0 saturated heterocycles. The van der Waals surface area contributed by atoms with Gasteiger partial charge in [-0.3, -0.25) is 5.73 Å². The number of rotatable bonds is 4. The largest absolute Gasteiger partial charge is 0.488 e. The number of aliphatic hydroxyl groups is 1. The first-order chi connectivity index (χ1) is 10.1. The Bertz CT molecular complexity index is 748. The van der Waals surface area contributed by atoms with Gasteiger partial charge in [0.1, 0.15) is 12.4 Å². The zero-order chi connectivity index (χ0) is 14.9. The number of fused-ring (bicyclic) bond motifs is 1. The SMILES string of the molecule is NC(O)(Cl)c1c[nH]c2cccc(OCc3ccccc3)c12. The van der Waals surface area contributed by atoms with Crippen LogP contribution in [0.5, 0.6) is 5.75 Å². The van der Waals surface area contributed by atoms with Gasteiger partial charge in [0.2, 0.25) is 5.18 Å². The summed E-state index contributed by atoms with van der Waals surface area (Å²) in [6.07, 6.45) is 1.59. The lowest BCUT2D eigenvalue weighted by molar-refractivity contribution is 0.138. The topological polar surface area (TPSA) is 71.3 Å². The predicted octanol–water partition coefficient (Wildman–Crippen LogP) is 3.05. The minimum Gasteiger partial charge on any atom is -0.488 e. The Morgan fingerprint density at radius 1 is 1.14 bits per heavy atom. The van der Waals surface area contributed by atoms with E-state index < -0.39 is 5.18 Å². The minimum atomic E-state index is -1.94. The van der Waals surface area contributed by atoms with Crippen molar-refractivity contribution >= 4 is 22.5 Å². The summed E-state index contributed by atoms with van der Waals surface area (Å²) in [7, 11) is 0. The number of alkyl halides is 1. The first kappa shape index (κ1) is 13.9. The van der Waals surface area contributed by atoms with Crippen molar-refractivity contribution in [1.29, 1.82) is 0 Å². The van der Waals surface area contributed by atoms with Crippen molar-refractivity contribution in [3.05, 3.63) is 65.9 Å². The summed E-state index contributed by atoms with van der Waals surface area (Å²) in [6, 6.07) is 15.4. The molecule has 21 heavy (non-hydrogen) atoms. The van der Waals surface area contributed by atoms with Crippen LogP contribution in [0.25, 0.3) is 10.9 Å². The highest BCUT2D eigenvalue weighted by molar-refractivity contribution is 6.23. The van der Waals surface area contributed by atoms with Crippen LogP contribution in [0.15, 0.2) is 54.7 Å². The number of aromatic amines is 1. The van der Waals surface area contributed by atoms with E-state index in [2.05, 4.69) is 4.98 Å². The van der Waals surface area contributed by atoms with Gasteiger partial charge < -0.3 is 14.8 Å². The summed E-state index contributed by atoms with van der Waals surface area (Å²) >= 11 is 5.83. The predicted molar refractivity (Wildman–Crippen MR) is 83.0 cm³/mol. The van der Waals surface area contributed by atoms with Gasteiger partial charge in [0.25, 0.3) is 0 Å². The van der Waals surface area contributed by atoms with Gasteiger partial charge in [0.15, 0.2) is 0 Å². The lowest BCUT2D eigenvalue weighted by Crippen LogP contribution is -2.28. The third-order valence-corrected chi connectivity index (χ3v) is 3.49. The molecule has 0 saturated carbocycles. The second kappa shape index (κ2) is 5.41. The molecule has 0 amide bonds. The molecule has 3 rings (SSSR count). The van der Waals surface area contributed by atoms with E-state index in [4.69, 9.17) is 22.1 Å². The molecule has 1 unspecified atom stereocenters. The highest BCUT2D eigenvalue weighted by Crippen LogP contribution is 2.34. The zero-order valence-electron chi connectivity index (χ0n) is 11.2. The Kier molecular flexibility index (Phi) is 3.59. The zero-order valence-corrected chi connectivity index (χ0v) is 12.0. The first-order valence-corrected chi connectivity index (χ1v) is 6.91. The van der Waals surface area contributed by atoms with E-state index in [1.165, 1.54) is 0 Å². The van der Waals surface area contributed by atoms with Crippen LogP contribution < -0.4 is 10.5 Å². The molecule has 0 radical (unpaired) electrons. The Morgan fingerprint density at radius 2 is 1.90 bits per heavy atom. The van der Waals surface area contributed by atoms with Crippen LogP contribution in [0.4, 0.5) is 0 Å². The van der Waals surface area contributed by atoms with Gasteiger partial charge in [-0.25, -0.2) is 0 Å². The molecule has 0 fully saturated rings. The second-order valence-electron chi connectivity index (χ2n) is 4.83. The van der Waals surface area contributed by atoms with Gasteiger partial charge in [-0.2, -0.15) is 0 Å². The normalized spacial score (nSPS) is 14.0. The van der Waals surface area contributed by atoms with Crippen molar-refractivity contribution in [2.45, 2.75) is 11.8 Å². The Hall–Kier alpha value is -2.01. The molecule has 2 aromatic carbocycles. The van der Waals surface area contributed by atoms with Gasteiger partial charge in [0.05, 0.1) is 5.39 Å². The van der Waals surface area contributed by atoms with Crippen molar-refractivity contribution in [2.24, 2.45) is 5.73 Å². The fourth-order valence-corrected chi connectivity index (χ4v) is 2.43. The highest BCUT2D eigenvalue weighted by Gasteiger charge is 2.25.